The highest BCUT2D eigenvalue weighted by Crippen LogP contribution is 2.34. The second-order valence-electron chi connectivity index (χ2n) is 8.53. The highest BCUT2D eigenvalue weighted by molar-refractivity contribution is 6.35. The van der Waals surface area contributed by atoms with Crippen LogP contribution < -0.4 is 4.90 Å². The molecule has 3 aliphatic rings. The van der Waals surface area contributed by atoms with Crippen LogP contribution in [-0.4, -0.2) is 59.8 Å². The molecular weight excluding hydrogens is 413 g/mol. The molecule has 6 rings (SSSR count). The van der Waals surface area contributed by atoms with Gasteiger partial charge in [-0.1, -0.05) is 17.7 Å². The molecule has 2 atom stereocenters. The fourth-order valence-corrected chi connectivity index (χ4v) is 5.15. The Morgan fingerprint density at radius 2 is 1.97 bits per heavy atom. The lowest BCUT2D eigenvalue weighted by Crippen LogP contribution is -2.52. The Balaban J connectivity index is 1.34. The fourth-order valence-electron chi connectivity index (χ4n) is 4.98. The molecule has 2 fully saturated rings. The zero-order valence-corrected chi connectivity index (χ0v) is 17.8. The highest BCUT2D eigenvalue weighted by atomic mass is 35.5. The molecular formula is C24H21ClFN5. The largest absolute Gasteiger partial charge is 0.368 e. The van der Waals surface area contributed by atoms with E-state index in [0.717, 1.165) is 47.0 Å². The number of halogens is 2. The lowest BCUT2D eigenvalue weighted by atomic mass is 9.93. The number of aliphatic imine (C=N–C) groups is 1. The first-order chi connectivity index (χ1) is 15.1. The molecule has 3 aliphatic heterocycles. The van der Waals surface area contributed by atoms with Gasteiger partial charge in [0.2, 0.25) is 0 Å². The summed E-state index contributed by atoms with van der Waals surface area (Å²) in [5.41, 5.74) is 5.38. The Bertz CT molecular complexity index is 1270. The van der Waals surface area contributed by atoms with Crippen LogP contribution in [0, 0.1) is 11.7 Å². The fraction of sp³-hybridized carbons (Fsp3) is 0.292. The molecule has 0 N–H and O–H groups in total. The standard InChI is InChI=1S/C24H21ClFN5/c1-30-11-14-12-31(13-23(14)30)16-9-22-21(28-10-16)5-4-20(29-22)17-6-7-27-24(17)18-8-15(25)2-3-19(18)26/h2-6,8-10,14,23H,7,11-13H2,1H3. The minimum atomic E-state index is -0.339. The molecule has 2 unspecified atom stereocenters. The van der Waals surface area contributed by atoms with Crippen molar-refractivity contribution in [1.29, 1.82) is 0 Å². The van der Waals surface area contributed by atoms with Crippen molar-refractivity contribution in [2.75, 3.05) is 38.1 Å². The number of likely N-dealkylation sites (N-methyl/N-ethyl adjacent to an activating group) is 1. The number of pyridine rings is 2. The number of allylic oxidation sites excluding steroid dienone is 1. The molecule has 2 saturated heterocycles. The lowest BCUT2D eigenvalue weighted by Gasteiger charge is -2.40. The minimum Gasteiger partial charge on any atom is -0.368 e. The molecule has 0 saturated carbocycles. The maximum absolute atomic E-state index is 14.5. The SMILES string of the molecule is CN1CC2CN(c3cnc4ccc(C5=CCN=C5c5cc(Cl)ccc5F)nc4c3)CC21. The van der Waals surface area contributed by atoms with Crippen LogP contribution in [0.3, 0.4) is 0 Å². The van der Waals surface area contributed by atoms with E-state index in [2.05, 4.69) is 32.9 Å². The molecule has 0 aliphatic carbocycles. The predicted molar refractivity (Wildman–Crippen MR) is 122 cm³/mol. The first kappa shape index (κ1) is 18.9. The van der Waals surface area contributed by atoms with Crippen LogP contribution in [0.2, 0.25) is 5.02 Å². The molecule has 3 aromatic rings. The number of hydrogen-bond donors (Lipinski definition) is 0. The van der Waals surface area contributed by atoms with E-state index in [1.807, 2.05) is 24.4 Å². The second-order valence-corrected chi connectivity index (χ2v) is 8.97. The summed E-state index contributed by atoms with van der Waals surface area (Å²) in [6, 6.07) is 11.2. The molecule has 0 bridgehead atoms. The van der Waals surface area contributed by atoms with E-state index in [-0.39, 0.29) is 5.82 Å². The van der Waals surface area contributed by atoms with Crippen molar-refractivity contribution in [2.24, 2.45) is 10.9 Å². The number of rotatable bonds is 3. The van der Waals surface area contributed by atoms with E-state index < -0.39 is 0 Å². The molecule has 31 heavy (non-hydrogen) atoms. The predicted octanol–water partition coefficient (Wildman–Crippen LogP) is 4.06. The summed E-state index contributed by atoms with van der Waals surface area (Å²) in [7, 11) is 2.19. The van der Waals surface area contributed by atoms with Crippen molar-refractivity contribution in [2.45, 2.75) is 6.04 Å². The number of benzene rings is 1. The van der Waals surface area contributed by atoms with Crippen LogP contribution in [0.4, 0.5) is 10.1 Å². The van der Waals surface area contributed by atoms with Gasteiger partial charge >= 0.3 is 0 Å². The van der Waals surface area contributed by atoms with Gasteiger partial charge < -0.3 is 9.80 Å². The number of fused-ring (bicyclic) bond motifs is 2. The number of anilines is 1. The lowest BCUT2D eigenvalue weighted by molar-refractivity contribution is 0.0827. The normalized spacial score (nSPS) is 23.0. The van der Waals surface area contributed by atoms with Gasteiger partial charge in [0, 0.05) is 47.8 Å². The molecule has 7 heteroatoms. The van der Waals surface area contributed by atoms with Crippen LogP contribution in [0.5, 0.6) is 0 Å². The number of hydrogen-bond acceptors (Lipinski definition) is 5. The van der Waals surface area contributed by atoms with Gasteiger partial charge in [0.1, 0.15) is 5.82 Å². The molecule has 5 heterocycles. The third-order valence-electron chi connectivity index (χ3n) is 6.64. The smallest absolute Gasteiger partial charge is 0.132 e. The van der Waals surface area contributed by atoms with E-state index in [4.69, 9.17) is 16.6 Å². The first-order valence-corrected chi connectivity index (χ1v) is 10.9. The summed E-state index contributed by atoms with van der Waals surface area (Å²) in [6.07, 6.45) is 3.92. The average Bonchev–Trinajstić information content (AvgIpc) is 3.39. The van der Waals surface area contributed by atoms with Crippen molar-refractivity contribution >= 4 is 39.6 Å². The first-order valence-electron chi connectivity index (χ1n) is 10.5. The summed E-state index contributed by atoms with van der Waals surface area (Å²) in [6.45, 7) is 3.77. The Hall–Kier alpha value is -2.83. The zero-order valence-electron chi connectivity index (χ0n) is 17.1. The van der Waals surface area contributed by atoms with Crippen LogP contribution in [0.25, 0.3) is 16.6 Å². The van der Waals surface area contributed by atoms with Gasteiger partial charge in [-0.3, -0.25) is 9.98 Å². The number of nitrogens with zero attached hydrogens (tertiary/aromatic N) is 5. The summed E-state index contributed by atoms with van der Waals surface area (Å²) in [5, 5.41) is 0.482. The van der Waals surface area contributed by atoms with Gasteiger partial charge in [0.25, 0.3) is 0 Å². The van der Waals surface area contributed by atoms with Gasteiger partial charge in [-0.15, -0.1) is 0 Å². The molecule has 0 radical (unpaired) electrons. The van der Waals surface area contributed by atoms with Gasteiger partial charge in [-0.2, -0.15) is 0 Å². The summed E-state index contributed by atoms with van der Waals surface area (Å²) < 4.78 is 14.5. The number of aromatic nitrogens is 2. The van der Waals surface area contributed by atoms with Gasteiger partial charge in [-0.25, -0.2) is 9.37 Å². The maximum Gasteiger partial charge on any atom is 0.132 e. The second kappa shape index (κ2) is 7.11. The van der Waals surface area contributed by atoms with Crippen LogP contribution in [0.15, 0.2) is 53.7 Å². The Morgan fingerprint density at radius 3 is 2.81 bits per heavy atom. The molecule has 0 amide bonds. The van der Waals surface area contributed by atoms with Crippen LogP contribution >= 0.6 is 11.6 Å². The highest BCUT2D eigenvalue weighted by Gasteiger charge is 2.43. The Labute approximate surface area is 184 Å². The molecule has 156 valence electrons. The van der Waals surface area contributed by atoms with E-state index in [1.165, 1.54) is 12.6 Å². The van der Waals surface area contributed by atoms with Crippen LogP contribution in [0.1, 0.15) is 11.3 Å². The summed E-state index contributed by atoms with van der Waals surface area (Å²) >= 11 is 6.11. The third kappa shape index (κ3) is 3.13. The monoisotopic (exact) mass is 433 g/mol. The van der Waals surface area contributed by atoms with Gasteiger partial charge in [-0.05, 0) is 43.4 Å². The summed E-state index contributed by atoms with van der Waals surface area (Å²) in [5.74, 6) is 0.407. The van der Waals surface area contributed by atoms with Crippen molar-refractivity contribution < 1.29 is 4.39 Å². The van der Waals surface area contributed by atoms with E-state index in [9.17, 15) is 4.39 Å². The number of likely N-dealkylation sites (tertiary alicyclic amines) is 1. The quantitative estimate of drug-likeness (QED) is 0.625. The molecule has 1 aromatic carbocycles. The van der Waals surface area contributed by atoms with E-state index in [0.29, 0.717) is 28.9 Å². The minimum absolute atomic E-state index is 0.339. The molecule has 5 nitrogen and oxygen atoms in total. The Kier molecular flexibility index (Phi) is 4.33. The Morgan fingerprint density at radius 1 is 1.06 bits per heavy atom. The van der Waals surface area contributed by atoms with Gasteiger partial charge in [0.05, 0.1) is 40.9 Å². The third-order valence-corrected chi connectivity index (χ3v) is 6.88. The van der Waals surface area contributed by atoms with Crippen molar-refractivity contribution in [1.82, 2.24) is 14.9 Å². The maximum atomic E-state index is 14.5. The van der Waals surface area contributed by atoms with Crippen molar-refractivity contribution in [3.8, 4) is 0 Å². The van der Waals surface area contributed by atoms with Crippen molar-refractivity contribution in [3.05, 3.63) is 70.8 Å². The van der Waals surface area contributed by atoms with Crippen molar-refractivity contribution in [3.63, 3.8) is 0 Å². The van der Waals surface area contributed by atoms with E-state index >= 15 is 0 Å². The van der Waals surface area contributed by atoms with Gasteiger partial charge in [0.15, 0.2) is 0 Å². The average molecular weight is 434 g/mol. The zero-order chi connectivity index (χ0) is 21.1. The topological polar surface area (TPSA) is 44.6 Å². The van der Waals surface area contributed by atoms with E-state index in [1.54, 1.807) is 12.1 Å². The van der Waals surface area contributed by atoms with Crippen LogP contribution in [-0.2, 0) is 0 Å². The molecule has 2 aromatic heterocycles. The summed E-state index contributed by atoms with van der Waals surface area (Å²) in [4.78, 5) is 18.9. The molecule has 0 spiro atoms.